The van der Waals surface area contributed by atoms with Gasteiger partial charge in [-0.3, -0.25) is 4.79 Å². The molecule has 0 fully saturated rings. The van der Waals surface area contributed by atoms with Gasteiger partial charge in [-0.1, -0.05) is 64.4 Å². The van der Waals surface area contributed by atoms with Crippen molar-refractivity contribution in [2.45, 2.75) is 119 Å². The quantitative estimate of drug-likeness (QED) is 0.0615. The first-order valence-electron chi connectivity index (χ1n) is 12.7. The molecule has 1 unspecified atom stereocenters. The van der Waals surface area contributed by atoms with Crippen molar-refractivity contribution in [1.29, 1.82) is 0 Å². The van der Waals surface area contributed by atoms with Gasteiger partial charge in [0.2, 0.25) is 0 Å². The van der Waals surface area contributed by atoms with Crippen molar-refractivity contribution >= 4 is 11.9 Å². The van der Waals surface area contributed by atoms with Gasteiger partial charge in [0.1, 0.15) is 6.04 Å². The molecule has 0 spiro atoms. The summed E-state index contributed by atoms with van der Waals surface area (Å²) >= 11 is 0. The summed E-state index contributed by atoms with van der Waals surface area (Å²) in [4.78, 5) is 23.8. The van der Waals surface area contributed by atoms with Gasteiger partial charge in [0, 0.05) is 0 Å². The van der Waals surface area contributed by atoms with Gasteiger partial charge in [-0.25, -0.2) is 4.79 Å². The van der Waals surface area contributed by atoms with Crippen LogP contribution in [0.15, 0.2) is 12.7 Å². The van der Waals surface area contributed by atoms with Crippen molar-refractivity contribution in [3.63, 3.8) is 0 Å². The Morgan fingerprint density at radius 1 is 0.651 bits per heavy atom. The highest BCUT2D eigenvalue weighted by Crippen LogP contribution is 2.62. The minimum absolute atomic E-state index is 0.196. The summed E-state index contributed by atoms with van der Waals surface area (Å²) in [5, 5.41) is 0.758. The molecule has 1 amide bonds. The van der Waals surface area contributed by atoms with E-state index in [2.05, 4.69) is 11.3 Å². The molecule has 254 valence electrons. The summed E-state index contributed by atoms with van der Waals surface area (Å²) in [5.74, 6) is -54.0. The van der Waals surface area contributed by atoms with Crippen molar-refractivity contribution in [2.24, 2.45) is 0 Å². The number of halogens is 15. The van der Waals surface area contributed by atoms with Crippen LogP contribution in [0.5, 0.6) is 0 Å². The number of carbonyl (C=O) groups is 2. The summed E-state index contributed by atoms with van der Waals surface area (Å²) < 4.78 is 205. The Labute approximate surface area is 236 Å². The molecule has 0 aliphatic heterocycles. The first-order chi connectivity index (χ1) is 19.3. The zero-order valence-electron chi connectivity index (χ0n) is 22.5. The fourth-order valence-electron chi connectivity index (χ4n) is 3.42. The lowest BCUT2D eigenvalue weighted by Gasteiger charge is -2.41. The summed E-state index contributed by atoms with van der Waals surface area (Å²) in [6.45, 7) is 4.67. The molecule has 0 rings (SSSR count). The first-order valence-corrected chi connectivity index (χ1v) is 12.7. The van der Waals surface area contributed by atoms with E-state index >= 15 is 0 Å². The van der Waals surface area contributed by atoms with E-state index in [1.807, 2.05) is 6.92 Å². The molecular weight excluding hydrogens is 635 g/mol. The molecule has 19 heteroatoms. The molecule has 0 heterocycles. The number of unbranched alkanes of at least 4 members (excludes halogenated alkanes) is 8. The van der Waals surface area contributed by atoms with Crippen LogP contribution in [-0.4, -0.2) is 66.2 Å². The smallest absolute Gasteiger partial charge is 0.460 e. The SMILES string of the molecule is C=CCC(NC(=O)C(F)(F)C(F)(F)C(F)(F)C(F)(F)C(F)(F)C(F)(F)C(F)(F)F)C(=O)OCCCCCCCCCCC. The van der Waals surface area contributed by atoms with E-state index in [0.717, 1.165) is 43.8 Å². The number of alkyl halides is 15. The molecule has 1 N–H and O–H groups in total. The van der Waals surface area contributed by atoms with Gasteiger partial charge in [-0.2, -0.15) is 65.9 Å². The average molecular weight is 665 g/mol. The van der Waals surface area contributed by atoms with Gasteiger partial charge in [0.25, 0.3) is 5.91 Å². The van der Waals surface area contributed by atoms with Crippen LogP contribution in [0.3, 0.4) is 0 Å². The number of rotatable bonds is 20. The predicted molar refractivity (Wildman–Crippen MR) is 121 cm³/mol. The van der Waals surface area contributed by atoms with Crippen molar-refractivity contribution < 1.29 is 80.2 Å². The van der Waals surface area contributed by atoms with Crippen LogP contribution >= 0.6 is 0 Å². The van der Waals surface area contributed by atoms with Crippen LogP contribution in [-0.2, 0) is 14.3 Å². The van der Waals surface area contributed by atoms with E-state index in [0.29, 0.717) is 18.9 Å². The largest absolute Gasteiger partial charge is 0.464 e. The van der Waals surface area contributed by atoms with E-state index in [9.17, 15) is 75.4 Å². The number of amides is 1. The third-order valence-electron chi connectivity index (χ3n) is 6.10. The first kappa shape index (κ1) is 40.6. The van der Waals surface area contributed by atoms with E-state index in [1.54, 1.807) is 0 Å². The van der Waals surface area contributed by atoms with Crippen molar-refractivity contribution in [2.75, 3.05) is 6.61 Å². The minimum atomic E-state index is -8.53. The third kappa shape index (κ3) is 8.63. The fourth-order valence-corrected chi connectivity index (χ4v) is 3.42. The number of esters is 1. The topological polar surface area (TPSA) is 55.4 Å². The van der Waals surface area contributed by atoms with Crippen LogP contribution in [0, 0.1) is 0 Å². The van der Waals surface area contributed by atoms with Crippen LogP contribution in [0.4, 0.5) is 65.9 Å². The molecule has 0 bridgehead atoms. The molecule has 0 aromatic carbocycles. The molecule has 0 aliphatic rings. The fraction of sp³-hybridized carbons (Fsp3) is 0.833. The minimum Gasteiger partial charge on any atom is -0.464 e. The molecule has 4 nitrogen and oxygen atoms in total. The van der Waals surface area contributed by atoms with E-state index < -0.39 is 72.7 Å². The van der Waals surface area contributed by atoms with Gasteiger partial charge >= 0.3 is 47.7 Å². The highest BCUT2D eigenvalue weighted by atomic mass is 19.4. The Bertz CT molecular complexity index is 920. The lowest BCUT2D eigenvalue weighted by Crippen LogP contribution is -2.74. The molecule has 0 aliphatic carbocycles. The second kappa shape index (κ2) is 15.1. The Kier molecular flexibility index (Phi) is 14.2. The van der Waals surface area contributed by atoms with Crippen LogP contribution in [0.2, 0.25) is 0 Å². The summed E-state index contributed by atoms with van der Waals surface area (Å²) in [6, 6.07) is -2.39. The highest BCUT2D eigenvalue weighted by molar-refractivity contribution is 5.89. The molecule has 0 radical (unpaired) electrons. The maximum atomic E-state index is 14.1. The Morgan fingerprint density at radius 2 is 1.05 bits per heavy atom. The summed E-state index contributed by atoms with van der Waals surface area (Å²) in [6.07, 6.45) is -0.609. The monoisotopic (exact) mass is 665 g/mol. The van der Waals surface area contributed by atoms with Crippen LogP contribution in [0.1, 0.15) is 71.1 Å². The Balaban J connectivity index is 5.64. The maximum Gasteiger partial charge on any atom is 0.460 e. The second-order valence-corrected chi connectivity index (χ2v) is 9.49. The van der Waals surface area contributed by atoms with E-state index in [1.165, 1.54) is 0 Å². The number of hydrogen-bond donors (Lipinski definition) is 1. The molecule has 43 heavy (non-hydrogen) atoms. The predicted octanol–water partition coefficient (Wildman–Crippen LogP) is 8.50. The zero-order valence-corrected chi connectivity index (χ0v) is 22.5. The van der Waals surface area contributed by atoms with Gasteiger partial charge < -0.3 is 10.1 Å². The second-order valence-electron chi connectivity index (χ2n) is 9.49. The number of nitrogens with one attached hydrogen (secondary N) is 1. The third-order valence-corrected chi connectivity index (χ3v) is 6.10. The summed E-state index contributed by atoms with van der Waals surface area (Å²) in [5.41, 5.74) is 0. The standard InChI is InChI=1S/C24H30F15NO3/c1-3-5-6-7-8-9-10-11-12-14-43-16(41)15(13-4-2)40-17(42)18(25,26)19(27,28)20(29,30)21(31,32)22(33,34)23(35,36)24(37,38)39/h4,15H,2-3,5-14H2,1H3,(H,40,42). The van der Waals surface area contributed by atoms with Gasteiger partial charge in [-0.15, -0.1) is 6.58 Å². The van der Waals surface area contributed by atoms with Crippen molar-refractivity contribution in [3.05, 3.63) is 12.7 Å². The molecule has 0 saturated heterocycles. The van der Waals surface area contributed by atoms with Gasteiger partial charge in [0.15, 0.2) is 0 Å². The Morgan fingerprint density at radius 3 is 1.47 bits per heavy atom. The van der Waals surface area contributed by atoms with Gasteiger partial charge in [-0.05, 0) is 12.8 Å². The normalized spacial score (nSPS) is 14.8. The van der Waals surface area contributed by atoms with Crippen LogP contribution < -0.4 is 5.32 Å². The highest BCUT2D eigenvalue weighted by Gasteiger charge is 2.94. The maximum absolute atomic E-state index is 14.1. The molecule has 0 aromatic heterocycles. The van der Waals surface area contributed by atoms with Crippen molar-refractivity contribution in [1.82, 2.24) is 5.32 Å². The molecular formula is C24H30F15NO3. The van der Waals surface area contributed by atoms with Gasteiger partial charge in [0.05, 0.1) is 6.61 Å². The van der Waals surface area contributed by atoms with E-state index in [4.69, 9.17) is 0 Å². The summed E-state index contributed by atoms with van der Waals surface area (Å²) in [7, 11) is 0. The molecule has 0 aromatic rings. The van der Waals surface area contributed by atoms with E-state index in [-0.39, 0.29) is 6.42 Å². The average Bonchev–Trinajstić information content (AvgIpc) is 2.87. The lowest BCUT2D eigenvalue weighted by molar-refractivity contribution is -0.449. The number of ether oxygens (including phenoxy) is 1. The zero-order chi connectivity index (χ0) is 34.1. The molecule has 0 saturated carbocycles. The number of hydrogen-bond acceptors (Lipinski definition) is 3. The molecule has 1 atom stereocenters. The number of carbonyl (C=O) groups excluding carboxylic acids is 2. The van der Waals surface area contributed by atoms with Crippen LogP contribution in [0.25, 0.3) is 0 Å². The van der Waals surface area contributed by atoms with Crippen molar-refractivity contribution in [3.8, 4) is 0 Å². The Hall–Kier alpha value is -2.37. The lowest BCUT2D eigenvalue weighted by atomic mass is 9.90.